The molecule has 0 radical (unpaired) electrons. The number of anilines is 1. The lowest BCUT2D eigenvalue weighted by Crippen LogP contribution is -2.29. The minimum absolute atomic E-state index is 0.0114. The second kappa shape index (κ2) is 10.2. The normalized spacial score (nSPS) is 17.1. The molecule has 1 heterocycles. The lowest BCUT2D eigenvalue weighted by Gasteiger charge is -2.26. The molecule has 1 amide bonds. The Morgan fingerprint density at radius 1 is 0.816 bits per heavy atom. The van der Waals surface area contributed by atoms with Gasteiger partial charge in [0.1, 0.15) is 11.5 Å². The molecule has 1 aliphatic heterocycles. The Hall–Kier alpha value is -4.38. The van der Waals surface area contributed by atoms with Crippen LogP contribution in [0, 0.1) is 0 Å². The van der Waals surface area contributed by atoms with E-state index in [1.54, 1.807) is 6.07 Å². The Kier molecular flexibility index (Phi) is 6.77. The van der Waals surface area contributed by atoms with E-state index >= 15 is 0 Å². The third-order valence-corrected chi connectivity index (χ3v) is 6.89. The molecule has 0 bridgehead atoms. The first-order valence-electron chi connectivity index (χ1n) is 12.9. The summed E-state index contributed by atoms with van der Waals surface area (Å²) in [5.74, 6) is -0.549. The van der Waals surface area contributed by atoms with Crippen LogP contribution in [-0.2, 0) is 9.59 Å². The number of Topliss-reactive ketones (excluding diaryl/α,β-unsaturated/α-hetero) is 1. The molecule has 1 aliphatic rings. The number of hydrogen-bond acceptors (Lipinski definition) is 4. The van der Waals surface area contributed by atoms with Gasteiger partial charge in [0.2, 0.25) is 0 Å². The smallest absolute Gasteiger partial charge is 0.300 e. The van der Waals surface area contributed by atoms with Crippen molar-refractivity contribution in [3.63, 3.8) is 0 Å². The van der Waals surface area contributed by atoms with Crippen LogP contribution in [0.2, 0.25) is 0 Å². The van der Waals surface area contributed by atoms with Crippen molar-refractivity contribution in [2.75, 3.05) is 4.90 Å². The first kappa shape index (κ1) is 25.3. The van der Waals surface area contributed by atoms with Gasteiger partial charge in [-0.05, 0) is 65.9 Å². The highest BCUT2D eigenvalue weighted by molar-refractivity contribution is 6.51. The third-order valence-electron chi connectivity index (χ3n) is 6.89. The third kappa shape index (κ3) is 4.56. The van der Waals surface area contributed by atoms with Crippen LogP contribution in [0.5, 0.6) is 5.75 Å². The number of carbonyl (C=O) groups is 2. The van der Waals surface area contributed by atoms with Crippen LogP contribution >= 0.6 is 0 Å². The molecule has 5 nitrogen and oxygen atoms in total. The van der Waals surface area contributed by atoms with E-state index in [0.717, 1.165) is 16.3 Å². The van der Waals surface area contributed by atoms with Crippen molar-refractivity contribution < 1.29 is 19.4 Å². The molecular weight excluding hydrogens is 474 g/mol. The summed E-state index contributed by atoms with van der Waals surface area (Å²) in [5.41, 5.74) is 3.02. The molecular formula is C33H31NO4. The number of aliphatic hydroxyl groups excluding tert-OH is 1. The van der Waals surface area contributed by atoms with Crippen molar-refractivity contribution in [3.8, 4) is 5.75 Å². The van der Waals surface area contributed by atoms with Crippen molar-refractivity contribution in [2.45, 2.75) is 45.8 Å². The second-order valence-corrected chi connectivity index (χ2v) is 10.2. The van der Waals surface area contributed by atoms with Gasteiger partial charge in [-0.1, -0.05) is 80.6 Å². The number of ketones is 1. The summed E-state index contributed by atoms with van der Waals surface area (Å²) < 4.78 is 5.80. The molecule has 0 saturated carbocycles. The molecule has 4 aromatic rings. The summed E-state index contributed by atoms with van der Waals surface area (Å²) >= 11 is 0. The first-order chi connectivity index (χ1) is 18.3. The van der Waals surface area contributed by atoms with Crippen molar-refractivity contribution in [2.24, 2.45) is 0 Å². The zero-order valence-electron chi connectivity index (χ0n) is 22.0. The number of fused-ring (bicyclic) bond motifs is 1. The minimum atomic E-state index is -0.799. The van der Waals surface area contributed by atoms with E-state index in [-0.39, 0.29) is 17.4 Å². The molecule has 5 heteroatoms. The SMILES string of the molecule is CC(C)Oc1ccc(C2/C(=C(/O)c3cccc4ccccc34)C(=O)C(=O)N2c2ccc(C(C)C)cc2)cc1. The van der Waals surface area contributed by atoms with Crippen LogP contribution in [0.3, 0.4) is 0 Å². The average Bonchev–Trinajstić information content (AvgIpc) is 3.18. The highest BCUT2D eigenvalue weighted by Crippen LogP contribution is 2.43. The molecule has 5 rings (SSSR count). The quantitative estimate of drug-likeness (QED) is 0.169. The zero-order valence-corrected chi connectivity index (χ0v) is 22.0. The molecule has 38 heavy (non-hydrogen) atoms. The number of benzene rings is 4. The van der Waals surface area contributed by atoms with Gasteiger partial charge in [-0.15, -0.1) is 0 Å². The number of carbonyl (C=O) groups excluding carboxylic acids is 2. The summed E-state index contributed by atoms with van der Waals surface area (Å²) in [6, 6.07) is 27.5. The molecule has 1 saturated heterocycles. The topological polar surface area (TPSA) is 66.8 Å². The lowest BCUT2D eigenvalue weighted by molar-refractivity contribution is -0.132. The fraction of sp³-hybridized carbons (Fsp3) is 0.212. The Bertz CT molecular complexity index is 1530. The Labute approximate surface area is 223 Å². The number of amides is 1. The van der Waals surface area contributed by atoms with Crippen LogP contribution in [-0.4, -0.2) is 22.9 Å². The Balaban J connectivity index is 1.70. The standard InChI is InChI=1S/C33H31NO4/c1-20(2)22-12-16-25(17-13-22)34-30(24-14-18-26(19-15-24)38-21(3)4)29(32(36)33(34)37)31(35)28-11-7-9-23-8-5-6-10-27(23)28/h5-21,30,35H,1-4H3/b31-29-. The molecule has 1 unspecified atom stereocenters. The second-order valence-electron chi connectivity index (χ2n) is 10.2. The lowest BCUT2D eigenvalue weighted by atomic mass is 9.93. The number of nitrogens with zero attached hydrogens (tertiary/aromatic N) is 1. The van der Waals surface area contributed by atoms with Gasteiger partial charge in [-0.25, -0.2) is 0 Å². The molecule has 1 fully saturated rings. The van der Waals surface area contributed by atoms with E-state index in [9.17, 15) is 14.7 Å². The Morgan fingerprint density at radius 3 is 2.13 bits per heavy atom. The summed E-state index contributed by atoms with van der Waals surface area (Å²) in [6.07, 6.45) is 0.0114. The fourth-order valence-electron chi connectivity index (χ4n) is 5.01. The van der Waals surface area contributed by atoms with Gasteiger partial charge in [-0.2, -0.15) is 0 Å². The van der Waals surface area contributed by atoms with E-state index in [4.69, 9.17) is 4.74 Å². The predicted molar refractivity (Wildman–Crippen MR) is 151 cm³/mol. The molecule has 0 spiro atoms. The van der Waals surface area contributed by atoms with Crippen LogP contribution in [0.4, 0.5) is 5.69 Å². The number of ether oxygens (including phenoxy) is 1. The summed E-state index contributed by atoms with van der Waals surface area (Å²) in [4.78, 5) is 28.6. The van der Waals surface area contributed by atoms with Crippen LogP contribution < -0.4 is 9.64 Å². The molecule has 192 valence electrons. The largest absolute Gasteiger partial charge is 0.507 e. The van der Waals surface area contributed by atoms with Gasteiger partial charge in [0.15, 0.2) is 0 Å². The monoisotopic (exact) mass is 505 g/mol. The van der Waals surface area contributed by atoms with Gasteiger partial charge in [0, 0.05) is 11.3 Å². The number of hydrogen-bond donors (Lipinski definition) is 1. The summed E-state index contributed by atoms with van der Waals surface area (Å²) in [5, 5.41) is 13.4. The molecule has 0 aliphatic carbocycles. The fourth-order valence-corrected chi connectivity index (χ4v) is 5.01. The highest BCUT2D eigenvalue weighted by atomic mass is 16.5. The van der Waals surface area contributed by atoms with E-state index in [1.807, 2.05) is 98.8 Å². The molecule has 0 aromatic heterocycles. The van der Waals surface area contributed by atoms with E-state index in [0.29, 0.717) is 28.5 Å². The Morgan fingerprint density at radius 2 is 1.47 bits per heavy atom. The van der Waals surface area contributed by atoms with Crippen LogP contribution in [0.15, 0.2) is 96.6 Å². The summed E-state index contributed by atoms with van der Waals surface area (Å²) in [7, 11) is 0. The maximum Gasteiger partial charge on any atom is 0.300 e. The van der Waals surface area contributed by atoms with Gasteiger partial charge in [0.25, 0.3) is 11.7 Å². The van der Waals surface area contributed by atoms with Crippen molar-refractivity contribution >= 4 is 33.9 Å². The number of aliphatic hydroxyl groups is 1. The summed E-state index contributed by atoms with van der Waals surface area (Å²) in [6.45, 7) is 8.11. The molecule has 4 aromatic carbocycles. The van der Waals surface area contributed by atoms with E-state index in [2.05, 4.69) is 13.8 Å². The maximum atomic E-state index is 13.6. The van der Waals surface area contributed by atoms with Crippen molar-refractivity contribution in [1.29, 1.82) is 0 Å². The van der Waals surface area contributed by atoms with Crippen molar-refractivity contribution in [3.05, 3.63) is 113 Å². The molecule has 1 atom stereocenters. The number of rotatable bonds is 6. The van der Waals surface area contributed by atoms with Crippen molar-refractivity contribution in [1.82, 2.24) is 0 Å². The average molecular weight is 506 g/mol. The zero-order chi connectivity index (χ0) is 27.0. The predicted octanol–water partition coefficient (Wildman–Crippen LogP) is 7.38. The van der Waals surface area contributed by atoms with Gasteiger partial charge in [0.05, 0.1) is 17.7 Å². The van der Waals surface area contributed by atoms with E-state index in [1.165, 1.54) is 4.90 Å². The van der Waals surface area contributed by atoms with Gasteiger partial charge in [-0.3, -0.25) is 14.5 Å². The molecule has 1 N–H and O–H groups in total. The van der Waals surface area contributed by atoms with E-state index < -0.39 is 17.7 Å². The maximum absolute atomic E-state index is 13.6. The van der Waals surface area contributed by atoms with Crippen LogP contribution in [0.1, 0.15) is 56.3 Å². The highest BCUT2D eigenvalue weighted by Gasteiger charge is 2.47. The van der Waals surface area contributed by atoms with Crippen LogP contribution in [0.25, 0.3) is 16.5 Å². The minimum Gasteiger partial charge on any atom is -0.507 e. The van der Waals surface area contributed by atoms with Gasteiger partial charge < -0.3 is 9.84 Å². The first-order valence-corrected chi connectivity index (χ1v) is 12.9. The van der Waals surface area contributed by atoms with Gasteiger partial charge >= 0.3 is 0 Å².